The van der Waals surface area contributed by atoms with Crippen LogP contribution in [0.1, 0.15) is 47.4 Å². The highest BCUT2D eigenvalue weighted by molar-refractivity contribution is 5.95. The standard InChI is InChI=1S/C13H17NO4/c1-3-4-8(2)14-11-6-9(12(15)16)5-10(7-11)13(17)18/h5-8,14H,3-4H2,1-2H3,(H,15,16)(H,17,18). The van der Waals surface area contributed by atoms with Crippen molar-refractivity contribution in [3.05, 3.63) is 29.3 Å². The van der Waals surface area contributed by atoms with E-state index in [0.29, 0.717) is 5.69 Å². The Labute approximate surface area is 105 Å². The first-order chi connectivity index (χ1) is 8.43. The Balaban J connectivity index is 3.03. The van der Waals surface area contributed by atoms with Gasteiger partial charge in [0.2, 0.25) is 0 Å². The Morgan fingerprint density at radius 2 is 1.67 bits per heavy atom. The first kappa shape index (κ1) is 14.0. The highest BCUT2D eigenvalue weighted by Gasteiger charge is 2.12. The summed E-state index contributed by atoms with van der Waals surface area (Å²) in [5, 5.41) is 21.0. The summed E-state index contributed by atoms with van der Waals surface area (Å²) in [5.41, 5.74) is 0.468. The number of carboxylic acids is 2. The van der Waals surface area contributed by atoms with Gasteiger partial charge in [0.1, 0.15) is 0 Å². The Morgan fingerprint density at radius 1 is 1.17 bits per heavy atom. The van der Waals surface area contributed by atoms with Crippen molar-refractivity contribution >= 4 is 17.6 Å². The van der Waals surface area contributed by atoms with Crippen LogP contribution in [-0.4, -0.2) is 28.2 Å². The van der Waals surface area contributed by atoms with Crippen LogP contribution in [0, 0.1) is 0 Å². The summed E-state index contributed by atoms with van der Waals surface area (Å²) in [7, 11) is 0. The Morgan fingerprint density at radius 3 is 2.06 bits per heavy atom. The van der Waals surface area contributed by atoms with Crippen molar-refractivity contribution in [2.24, 2.45) is 0 Å². The van der Waals surface area contributed by atoms with Gasteiger partial charge in [0.15, 0.2) is 0 Å². The molecule has 0 bridgehead atoms. The highest BCUT2D eigenvalue weighted by atomic mass is 16.4. The fourth-order valence-corrected chi connectivity index (χ4v) is 1.75. The van der Waals surface area contributed by atoms with E-state index >= 15 is 0 Å². The molecule has 0 aliphatic heterocycles. The molecule has 3 N–H and O–H groups in total. The van der Waals surface area contributed by atoms with E-state index in [0.717, 1.165) is 18.9 Å². The summed E-state index contributed by atoms with van der Waals surface area (Å²) in [6.45, 7) is 4.02. The zero-order valence-corrected chi connectivity index (χ0v) is 10.4. The monoisotopic (exact) mass is 251 g/mol. The summed E-state index contributed by atoms with van der Waals surface area (Å²) in [6.07, 6.45) is 1.93. The smallest absolute Gasteiger partial charge is 0.335 e. The lowest BCUT2D eigenvalue weighted by Gasteiger charge is -2.15. The molecule has 0 saturated heterocycles. The maximum atomic E-state index is 10.9. The lowest BCUT2D eigenvalue weighted by atomic mass is 10.1. The fourth-order valence-electron chi connectivity index (χ4n) is 1.75. The molecule has 1 rings (SSSR count). The summed E-state index contributed by atoms with van der Waals surface area (Å²) in [5.74, 6) is -2.27. The molecule has 0 amide bonds. The number of anilines is 1. The van der Waals surface area contributed by atoms with Gasteiger partial charge in [-0.05, 0) is 31.5 Å². The predicted molar refractivity (Wildman–Crippen MR) is 68.4 cm³/mol. The summed E-state index contributed by atoms with van der Waals surface area (Å²) < 4.78 is 0. The number of nitrogens with one attached hydrogen (secondary N) is 1. The molecule has 0 saturated carbocycles. The maximum absolute atomic E-state index is 10.9. The van der Waals surface area contributed by atoms with Crippen molar-refractivity contribution in [2.75, 3.05) is 5.32 Å². The summed E-state index contributed by atoms with van der Waals surface area (Å²) >= 11 is 0. The molecular formula is C13H17NO4. The molecule has 1 aromatic carbocycles. The van der Waals surface area contributed by atoms with Crippen LogP contribution in [0.25, 0.3) is 0 Å². The third-order valence-electron chi connectivity index (χ3n) is 2.56. The van der Waals surface area contributed by atoms with Crippen LogP contribution in [0.2, 0.25) is 0 Å². The molecule has 0 spiro atoms. The van der Waals surface area contributed by atoms with E-state index in [1.807, 2.05) is 6.92 Å². The number of hydrogen-bond acceptors (Lipinski definition) is 3. The molecule has 0 radical (unpaired) electrons. The van der Waals surface area contributed by atoms with Crippen molar-refractivity contribution in [2.45, 2.75) is 32.7 Å². The quantitative estimate of drug-likeness (QED) is 0.723. The third-order valence-corrected chi connectivity index (χ3v) is 2.56. The largest absolute Gasteiger partial charge is 0.478 e. The van der Waals surface area contributed by atoms with E-state index in [1.54, 1.807) is 0 Å². The van der Waals surface area contributed by atoms with E-state index in [4.69, 9.17) is 10.2 Å². The Hall–Kier alpha value is -2.04. The normalized spacial score (nSPS) is 11.9. The molecule has 1 unspecified atom stereocenters. The summed E-state index contributed by atoms with van der Waals surface area (Å²) in [4.78, 5) is 21.8. The molecule has 0 fully saturated rings. The molecule has 0 aromatic heterocycles. The molecule has 0 aliphatic rings. The van der Waals surface area contributed by atoms with E-state index in [9.17, 15) is 9.59 Å². The SMILES string of the molecule is CCCC(C)Nc1cc(C(=O)O)cc(C(=O)O)c1. The van der Waals surface area contributed by atoms with Gasteiger partial charge in [-0.25, -0.2) is 9.59 Å². The number of aromatic carboxylic acids is 2. The van der Waals surface area contributed by atoms with Crippen molar-refractivity contribution in [3.8, 4) is 0 Å². The second-order valence-corrected chi connectivity index (χ2v) is 4.24. The summed E-state index contributed by atoms with van der Waals surface area (Å²) in [6, 6.07) is 4.21. The first-order valence-electron chi connectivity index (χ1n) is 5.82. The Bertz CT molecular complexity index is 424. The first-order valence-corrected chi connectivity index (χ1v) is 5.82. The zero-order chi connectivity index (χ0) is 13.7. The van der Waals surface area contributed by atoms with E-state index in [-0.39, 0.29) is 17.2 Å². The highest BCUT2D eigenvalue weighted by Crippen LogP contribution is 2.17. The Kier molecular flexibility index (Phi) is 4.71. The molecule has 5 nitrogen and oxygen atoms in total. The van der Waals surface area contributed by atoms with E-state index in [2.05, 4.69) is 12.2 Å². The van der Waals surface area contributed by atoms with Gasteiger partial charge in [-0.3, -0.25) is 0 Å². The second-order valence-electron chi connectivity index (χ2n) is 4.24. The fraction of sp³-hybridized carbons (Fsp3) is 0.385. The number of benzene rings is 1. The number of rotatable bonds is 6. The van der Waals surface area contributed by atoms with E-state index < -0.39 is 11.9 Å². The molecule has 1 atom stereocenters. The van der Waals surface area contributed by atoms with Crippen LogP contribution >= 0.6 is 0 Å². The van der Waals surface area contributed by atoms with Crippen LogP contribution in [0.15, 0.2) is 18.2 Å². The van der Waals surface area contributed by atoms with Gasteiger partial charge in [-0.15, -0.1) is 0 Å². The van der Waals surface area contributed by atoms with Gasteiger partial charge < -0.3 is 15.5 Å². The predicted octanol–water partition coefficient (Wildman–Crippen LogP) is 2.68. The average Bonchev–Trinajstić information content (AvgIpc) is 2.28. The molecule has 18 heavy (non-hydrogen) atoms. The lowest BCUT2D eigenvalue weighted by Crippen LogP contribution is -2.15. The van der Waals surface area contributed by atoms with Crippen molar-refractivity contribution in [3.63, 3.8) is 0 Å². The van der Waals surface area contributed by atoms with Gasteiger partial charge in [0.05, 0.1) is 11.1 Å². The zero-order valence-electron chi connectivity index (χ0n) is 10.4. The van der Waals surface area contributed by atoms with E-state index in [1.165, 1.54) is 12.1 Å². The van der Waals surface area contributed by atoms with Gasteiger partial charge in [-0.1, -0.05) is 13.3 Å². The molecular weight excluding hydrogens is 234 g/mol. The van der Waals surface area contributed by atoms with Gasteiger partial charge in [0.25, 0.3) is 0 Å². The third kappa shape index (κ3) is 3.76. The van der Waals surface area contributed by atoms with Crippen LogP contribution in [-0.2, 0) is 0 Å². The van der Waals surface area contributed by atoms with Crippen LogP contribution in [0.3, 0.4) is 0 Å². The second kappa shape index (κ2) is 6.05. The van der Waals surface area contributed by atoms with Crippen LogP contribution in [0.4, 0.5) is 5.69 Å². The molecule has 0 aliphatic carbocycles. The molecule has 5 heteroatoms. The van der Waals surface area contributed by atoms with Crippen LogP contribution < -0.4 is 5.32 Å². The molecule has 1 aromatic rings. The van der Waals surface area contributed by atoms with Gasteiger partial charge >= 0.3 is 11.9 Å². The lowest BCUT2D eigenvalue weighted by molar-refractivity contribution is 0.0696. The minimum absolute atomic E-state index is 0.0268. The molecule has 98 valence electrons. The van der Waals surface area contributed by atoms with Crippen LogP contribution in [0.5, 0.6) is 0 Å². The maximum Gasteiger partial charge on any atom is 0.335 e. The number of hydrogen-bond donors (Lipinski definition) is 3. The van der Waals surface area contributed by atoms with Crippen molar-refractivity contribution < 1.29 is 19.8 Å². The van der Waals surface area contributed by atoms with Crippen molar-refractivity contribution in [1.29, 1.82) is 0 Å². The van der Waals surface area contributed by atoms with Gasteiger partial charge in [-0.2, -0.15) is 0 Å². The number of carboxylic acid groups (broad SMARTS) is 2. The average molecular weight is 251 g/mol. The van der Waals surface area contributed by atoms with Gasteiger partial charge in [0, 0.05) is 11.7 Å². The minimum Gasteiger partial charge on any atom is -0.478 e. The van der Waals surface area contributed by atoms with Crippen molar-refractivity contribution in [1.82, 2.24) is 0 Å². The minimum atomic E-state index is -1.13. The molecule has 0 heterocycles. The topological polar surface area (TPSA) is 86.6 Å². The number of carbonyl (C=O) groups is 2.